The van der Waals surface area contributed by atoms with Crippen LogP contribution in [0.25, 0.3) is 6.08 Å². The van der Waals surface area contributed by atoms with Crippen LogP contribution in [0.2, 0.25) is 0 Å². The highest BCUT2D eigenvalue weighted by Gasteiger charge is 2.14. The quantitative estimate of drug-likeness (QED) is 0.287. The van der Waals surface area contributed by atoms with Gasteiger partial charge in [0.25, 0.3) is 0 Å². The van der Waals surface area contributed by atoms with Crippen LogP contribution in [0.5, 0.6) is 11.5 Å². The molecule has 1 aliphatic heterocycles. The molecule has 35 heavy (non-hydrogen) atoms. The number of piperidine rings is 1. The van der Waals surface area contributed by atoms with E-state index in [-0.39, 0.29) is 6.10 Å². The van der Waals surface area contributed by atoms with Crippen molar-refractivity contribution in [1.29, 1.82) is 0 Å². The fraction of sp³-hybridized carbons (Fsp3) is 0.226. The van der Waals surface area contributed by atoms with Gasteiger partial charge in [0.15, 0.2) is 0 Å². The Bertz CT molecular complexity index is 1230. The van der Waals surface area contributed by atoms with Crippen molar-refractivity contribution in [3.63, 3.8) is 0 Å². The van der Waals surface area contributed by atoms with Crippen molar-refractivity contribution < 1.29 is 9.47 Å². The summed E-state index contributed by atoms with van der Waals surface area (Å²) in [6.07, 6.45) is 11.8. The largest absolute Gasteiger partial charge is 0.490 e. The number of hydrogen-bond acceptors (Lipinski definition) is 4. The zero-order valence-corrected chi connectivity index (χ0v) is 20.2. The lowest BCUT2D eigenvalue weighted by Gasteiger charge is -2.24. The Kier molecular flexibility index (Phi) is 8.27. The van der Waals surface area contributed by atoms with Gasteiger partial charge in [-0.1, -0.05) is 55.0 Å². The van der Waals surface area contributed by atoms with Gasteiger partial charge >= 0.3 is 0 Å². The summed E-state index contributed by atoms with van der Waals surface area (Å²) in [5.74, 6) is 4.34. The van der Waals surface area contributed by atoms with Crippen LogP contribution in [0.4, 0.5) is 5.69 Å². The molecule has 3 aromatic carbocycles. The fourth-order valence-electron chi connectivity index (χ4n) is 4.04. The van der Waals surface area contributed by atoms with Gasteiger partial charge in [-0.2, -0.15) is 0 Å². The van der Waals surface area contributed by atoms with E-state index in [1.54, 1.807) is 0 Å². The zero-order chi connectivity index (χ0) is 24.5. The Hall–Kier alpha value is -3.94. The molecule has 4 heteroatoms. The third-order valence-electron chi connectivity index (χ3n) is 5.98. The van der Waals surface area contributed by atoms with Gasteiger partial charge in [-0.25, -0.2) is 0 Å². The van der Waals surface area contributed by atoms with Crippen molar-refractivity contribution >= 4 is 11.8 Å². The van der Waals surface area contributed by atoms with E-state index >= 15 is 0 Å². The summed E-state index contributed by atoms with van der Waals surface area (Å²) >= 11 is 0. The third kappa shape index (κ3) is 7.02. The minimum absolute atomic E-state index is 0.259. The first-order valence-electron chi connectivity index (χ1n) is 12.0. The molecule has 178 valence electrons. The Morgan fingerprint density at radius 3 is 2.69 bits per heavy atom. The van der Waals surface area contributed by atoms with Gasteiger partial charge in [-0.05, 0) is 74.3 Å². The van der Waals surface area contributed by atoms with Crippen LogP contribution in [0.15, 0.2) is 85.1 Å². The SMILES string of the molecule is C#Cc1ccc(/C=C/C(=C)Nc2ccccc2COc2cccc(OC3CCNCC3)c2)cc1C. The van der Waals surface area contributed by atoms with E-state index in [1.807, 2.05) is 73.7 Å². The highest BCUT2D eigenvalue weighted by molar-refractivity contribution is 5.61. The van der Waals surface area contributed by atoms with Crippen LogP contribution in [0.1, 0.15) is 35.1 Å². The molecule has 0 radical (unpaired) electrons. The van der Waals surface area contributed by atoms with Gasteiger partial charge in [0, 0.05) is 28.6 Å². The number of hydrogen-bond donors (Lipinski definition) is 2. The fourth-order valence-corrected chi connectivity index (χ4v) is 4.04. The van der Waals surface area contributed by atoms with Gasteiger partial charge < -0.3 is 20.1 Å². The smallest absolute Gasteiger partial charge is 0.123 e. The van der Waals surface area contributed by atoms with Gasteiger partial charge in [-0.3, -0.25) is 0 Å². The summed E-state index contributed by atoms with van der Waals surface area (Å²) in [6.45, 7) is 8.61. The summed E-state index contributed by atoms with van der Waals surface area (Å²) < 4.78 is 12.3. The van der Waals surface area contributed by atoms with Crippen molar-refractivity contribution in [3.05, 3.63) is 107 Å². The van der Waals surface area contributed by atoms with E-state index in [1.165, 1.54) is 0 Å². The van der Waals surface area contributed by atoms with Crippen molar-refractivity contribution in [2.75, 3.05) is 18.4 Å². The number of para-hydroxylation sites is 1. The average Bonchev–Trinajstić information content (AvgIpc) is 2.88. The molecule has 2 N–H and O–H groups in total. The zero-order valence-electron chi connectivity index (χ0n) is 20.2. The molecule has 4 nitrogen and oxygen atoms in total. The molecule has 4 rings (SSSR count). The predicted molar refractivity (Wildman–Crippen MR) is 145 cm³/mol. The second-order valence-corrected chi connectivity index (χ2v) is 8.69. The Labute approximate surface area is 208 Å². The van der Waals surface area contributed by atoms with Gasteiger partial charge in [-0.15, -0.1) is 6.42 Å². The number of allylic oxidation sites excluding steroid dienone is 1. The van der Waals surface area contributed by atoms with Gasteiger partial charge in [0.05, 0.1) is 0 Å². The predicted octanol–water partition coefficient (Wildman–Crippen LogP) is 6.33. The van der Waals surface area contributed by atoms with Crippen LogP contribution in [-0.2, 0) is 6.61 Å². The highest BCUT2D eigenvalue weighted by atomic mass is 16.5. The monoisotopic (exact) mass is 464 g/mol. The lowest BCUT2D eigenvalue weighted by Crippen LogP contribution is -2.34. The van der Waals surface area contributed by atoms with Crippen molar-refractivity contribution in [2.24, 2.45) is 0 Å². The maximum atomic E-state index is 6.15. The molecule has 0 aliphatic carbocycles. The second-order valence-electron chi connectivity index (χ2n) is 8.69. The molecule has 0 bridgehead atoms. The first-order chi connectivity index (χ1) is 17.1. The summed E-state index contributed by atoms with van der Waals surface area (Å²) in [5, 5.41) is 6.76. The lowest BCUT2D eigenvalue weighted by molar-refractivity contribution is 0.161. The van der Waals surface area contributed by atoms with Crippen LogP contribution in [0, 0.1) is 19.3 Å². The Morgan fingerprint density at radius 2 is 1.89 bits per heavy atom. The van der Waals surface area contributed by atoms with E-state index in [0.29, 0.717) is 6.61 Å². The van der Waals surface area contributed by atoms with Crippen molar-refractivity contribution in [2.45, 2.75) is 32.5 Å². The molecule has 0 saturated carbocycles. The molecule has 0 aromatic heterocycles. The maximum absolute atomic E-state index is 6.15. The van der Waals surface area contributed by atoms with Gasteiger partial charge in [0.1, 0.15) is 24.2 Å². The van der Waals surface area contributed by atoms with E-state index in [9.17, 15) is 0 Å². The Morgan fingerprint density at radius 1 is 1.09 bits per heavy atom. The van der Waals surface area contributed by atoms with E-state index < -0.39 is 0 Å². The molecule has 1 fully saturated rings. The van der Waals surface area contributed by atoms with Crippen LogP contribution in [0.3, 0.4) is 0 Å². The first kappa shape index (κ1) is 24.2. The molecular formula is C31H32N2O2. The molecular weight excluding hydrogens is 432 g/mol. The third-order valence-corrected chi connectivity index (χ3v) is 5.98. The first-order valence-corrected chi connectivity index (χ1v) is 12.0. The number of rotatable bonds is 9. The second kappa shape index (κ2) is 12.0. The molecule has 0 atom stereocenters. The highest BCUT2D eigenvalue weighted by Crippen LogP contribution is 2.25. The number of aryl methyl sites for hydroxylation is 1. The topological polar surface area (TPSA) is 42.5 Å². The van der Waals surface area contributed by atoms with E-state index in [4.69, 9.17) is 15.9 Å². The molecule has 0 amide bonds. The molecule has 0 spiro atoms. The van der Waals surface area contributed by atoms with Crippen molar-refractivity contribution in [3.8, 4) is 23.8 Å². The summed E-state index contributed by atoms with van der Waals surface area (Å²) in [6, 6.07) is 22.0. The Balaban J connectivity index is 1.36. The molecule has 1 aliphatic rings. The lowest BCUT2D eigenvalue weighted by atomic mass is 10.1. The van der Waals surface area contributed by atoms with Crippen molar-refractivity contribution in [1.82, 2.24) is 5.32 Å². The number of terminal acetylenes is 1. The van der Waals surface area contributed by atoms with E-state index in [2.05, 4.69) is 35.3 Å². The molecule has 1 heterocycles. The van der Waals surface area contributed by atoms with Crippen LogP contribution < -0.4 is 20.1 Å². The van der Waals surface area contributed by atoms with E-state index in [0.717, 1.165) is 71.1 Å². The van der Waals surface area contributed by atoms with Crippen LogP contribution in [-0.4, -0.2) is 19.2 Å². The van der Waals surface area contributed by atoms with Gasteiger partial charge in [0.2, 0.25) is 0 Å². The number of anilines is 1. The summed E-state index contributed by atoms with van der Waals surface area (Å²) in [4.78, 5) is 0. The maximum Gasteiger partial charge on any atom is 0.123 e. The molecule has 3 aromatic rings. The number of nitrogens with one attached hydrogen (secondary N) is 2. The summed E-state index contributed by atoms with van der Waals surface area (Å²) in [7, 11) is 0. The minimum atomic E-state index is 0.259. The minimum Gasteiger partial charge on any atom is -0.490 e. The number of benzene rings is 3. The number of ether oxygens (including phenoxy) is 2. The summed E-state index contributed by atoms with van der Waals surface area (Å²) in [5.41, 5.74) is 5.86. The normalized spacial score (nSPS) is 13.8. The molecule has 1 saturated heterocycles. The standard InChI is InChI=1S/C31H32N2O2/c1-4-26-15-14-25(20-23(26)2)13-12-24(3)33-31-11-6-5-8-27(31)22-34-29-9-7-10-30(21-29)35-28-16-18-32-19-17-28/h1,5-15,20-21,28,32-33H,3,16-19,22H2,2H3/b13-12+. The average molecular weight is 465 g/mol. The molecule has 0 unspecified atom stereocenters. The van der Waals surface area contributed by atoms with Crippen LogP contribution >= 0.6 is 0 Å².